The van der Waals surface area contributed by atoms with Gasteiger partial charge in [0.1, 0.15) is 36.2 Å². The molecule has 5 aromatic rings. The second-order valence-electron chi connectivity index (χ2n) is 9.58. The van der Waals surface area contributed by atoms with Crippen LogP contribution in [0.25, 0.3) is 10.9 Å². The summed E-state index contributed by atoms with van der Waals surface area (Å²) in [7, 11) is 0. The number of H-pyrrole nitrogens is 1. The third-order valence-corrected chi connectivity index (χ3v) is 7.14. The molecule has 0 spiro atoms. The molecule has 0 fully saturated rings. The van der Waals surface area contributed by atoms with Gasteiger partial charge < -0.3 is 19.6 Å². The highest BCUT2D eigenvalue weighted by Crippen LogP contribution is 2.40. The number of nitrogens with one attached hydrogen (secondary N) is 2. The number of ether oxygens (including phenoxy) is 2. The number of aromatic amines is 1. The van der Waals surface area contributed by atoms with E-state index in [1.165, 1.54) is 24.3 Å². The molecule has 1 aliphatic rings. The molecule has 2 atom stereocenters. The highest BCUT2D eigenvalue weighted by atomic mass is 35.5. The molecule has 3 heterocycles. The molecule has 10 nitrogen and oxygen atoms in total. The first kappa shape index (κ1) is 26.8. The van der Waals surface area contributed by atoms with Crippen LogP contribution in [0.2, 0.25) is 5.02 Å². The Bertz CT molecular complexity index is 1640. The molecule has 0 aliphatic carbocycles. The monoisotopic (exact) mass is 576 g/mol. The molecular formula is C29H26ClFN6O4. The fraction of sp³-hybridized carbons (Fsp3) is 0.207. The van der Waals surface area contributed by atoms with E-state index in [4.69, 9.17) is 21.1 Å². The molecule has 0 saturated heterocycles. The minimum Gasteiger partial charge on any atom is -0.489 e. The van der Waals surface area contributed by atoms with Crippen molar-refractivity contribution in [2.75, 3.05) is 13.2 Å². The maximum Gasteiger partial charge on any atom is 0.416 e. The molecule has 41 heavy (non-hydrogen) atoms. The maximum absolute atomic E-state index is 13.4. The van der Waals surface area contributed by atoms with Gasteiger partial charge in [0.25, 0.3) is 0 Å². The molecule has 1 amide bonds. The Morgan fingerprint density at radius 1 is 1.15 bits per heavy atom. The molecule has 210 valence electrons. The lowest BCUT2D eigenvalue weighted by Gasteiger charge is -2.35. The maximum atomic E-state index is 13.4. The second kappa shape index (κ2) is 11.6. The summed E-state index contributed by atoms with van der Waals surface area (Å²) in [5, 5.41) is 22.3. The van der Waals surface area contributed by atoms with Crippen LogP contribution in [0.3, 0.4) is 0 Å². The van der Waals surface area contributed by atoms with Crippen LogP contribution in [0, 0.1) is 5.82 Å². The molecule has 3 N–H and O–H groups in total. The number of aliphatic hydroxyl groups excluding tert-OH is 1. The Labute approximate surface area is 239 Å². The summed E-state index contributed by atoms with van der Waals surface area (Å²) in [5.41, 5.74) is 3.70. The van der Waals surface area contributed by atoms with E-state index in [1.54, 1.807) is 34.1 Å². The van der Waals surface area contributed by atoms with E-state index in [9.17, 15) is 14.3 Å². The third kappa shape index (κ3) is 5.87. The second-order valence-corrected chi connectivity index (χ2v) is 10.0. The summed E-state index contributed by atoms with van der Waals surface area (Å²) >= 11 is 6.30. The molecule has 1 aliphatic heterocycles. The lowest BCUT2D eigenvalue weighted by Crippen LogP contribution is -2.42. The summed E-state index contributed by atoms with van der Waals surface area (Å²) in [6.45, 7) is 0.701. The molecule has 12 heteroatoms. The van der Waals surface area contributed by atoms with Crippen molar-refractivity contribution in [1.82, 2.24) is 30.2 Å². The van der Waals surface area contributed by atoms with Crippen LogP contribution in [-0.4, -0.2) is 55.5 Å². The molecule has 2 aromatic heterocycles. The summed E-state index contributed by atoms with van der Waals surface area (Å²) < 4.78 is 26.3. The number of aliphatic hydroxyl groups is 1. The van der Waals surface area contributed by atoms with Gasteiger partial charge in [-0.05, 0) is 72.1 Å². The first-order chi connectivity index (χ1) is 19.9. The van der Waals surface area contributed by atoms with Crippen molar-refractivity contribution < 1.29 is 23.8 Å². The van der Waals surface area contributed by atoms with E-state index >= 15 is 0 Å². The molecule has 6 rings (SSSR count). The first-order valence-corrected chi connectivity index (χ1v) is 13.3. The predicted octanol–water partition coefficient (Wildman–Crippen LogP) is 4.64. The SMILES string of the molecule is O=C(Oc1ccc(F)cc1)N1CCc2c([nH]c3ccc(Cl)cc23)C1c1ccc(OCC(O)NCn2ccnn2)cc1. The van der Waals surface area contributed by atoms with Crippen LogP contribution in [0.1, 0.15) is 22.9 Å². The van der Waals surface area contributed by atoms with Crippen molar-refractivity contribution in [3.05, 3.63) is 107 Å². The van der Waals surface area contributed by atoms with Crippen LogP contribution in [0.5, 0.6) is 11.5 Å². The topological polar surface area (TPSA) is 118 Å². The van der Waals surface area contributed by atoms with Crippen molar-refractivity contribution in [2.45, 2.75) is 25.4 Å². The Morgan fingerprint density at radius 3 is 2.68 bits per heavy atom. The van der Waals surface area contributed by atoms with Gasteiger partial charge in [-0.15, -0.1) is 5.10 Å². The van der Waals surface area contributed by atoms with Gasteiger partial charge in [0.05, 0.1) is 12.9 Å². The Kier molecular flexibility index (Phi) is 7.55. The van der Waals surface area contributed by atoms with Gasteiger partial charge in [-0.2, -0.15) is 0 Å². The quantitative estimate of drug-likeness (QED) is 0.230. The van der Waals surface area contributed by atoms with Crippen LogP contribution in [0.4, 0.5) is 9.18 Å². The van der Waals surface area contributed by atoms with Gasteiger partial charge in [0.15, 0.2) is 0 Å². The number of carbonyl (C=O) groups excluding carboxylic acids is 1. The zero-order valence-corrected chi connectivity index (χ0v) is 22.5. The Hall–Kier alpha value is -4.45. The Balaban J connectivity index is 1.23. The van der Waals surface area contributed by atoms with E-state index in [2.05, 4.69) is 20.6 Å². The molecule has 0 bridgehead atoms. The average molecular weight is 577 g/mol. The average Bonchev–Trinajstić information content (AvgIpc) is 3.64. The van der Waals surface area contributed by atoms with Gasteiger partial charge in [-0.25, -0.2) is 13.9 Å². The van der Waals surface area contributed by atoms with E-state index in [0.717, 1.165) is 27.7 Å². The van der Waals surface area contributed by atoms with Crippen LogP contribution in [-0.2, 0) is 13.1 Å². The molecule has 3 aromatic carbocycles. The number of carbonyl (C=O) groups is 1. The van der Waals surface area contributed by atoms with Gasteiger partial charge in [0, 0.05) is 34.4 Å². The lowest BCUT2D eigenvalue weighted by molar-refractivity contribution is 0.0701. The number of halogens is 2. The van der Waals surface area contributed by atoms with Crippen molar-refractivity contribution in [3.8, 4) is 11.5 Å². The highest BCUT2D eigenvalue weighted by Gasteiger charge is 2.35. The number of hydrogen-bond donors (Lipinski definition) is 3. The standard InChI is InChI=1S/C29H26ClFN6O4/c30-19-3-10-25-24(15-19)23-11-13-37(29(39)41-22-8-4-20(31)5-9-22)28(27(23)34-25)18-1-6-21(7-2-18)40-16-26(38)32-17-36-14-12-33-35-36/h1-10,12,14-15,26,28,32,34,38H,11,13,16-17H2. The van der Waals surface area contributed by atoms with Crippen molar-refractivity contribution in [2.24, 2.45) is 0 Å². The summed E-state index contributed by atoms with van der Waals surface area (Å²) in [6.07, 6.45) is 2.36. The van der Waals surface area contributed by atoms with Crippen molar-refractivity contribution >= 4 is 28.6 Å². The minimum atomic E-state index is -0.922. The van der Waals surface area contributed by atoms with E-state index < -0.39 is 24.2 Å². The van der Waals surface area contributed by atoms with Crippen LogP contribution >= 0.6 is 11.6 Å². The van der Waals surface area contributed by atoms with E-state index in [0.29, 0.717) is 23.7 Å². The summed E-state index contributed by atoms with van der Waals surface area (Å²) in [6, 6.07) is 17.8. The smallest absolute Gasteiger partial charge is 0.416 e. The van der Waals surface area contributed by atoms with Gasteiger partial charge in [-0.3, -0.25) is 10.2 Å². The predicted molar refractivity (Wildman–Crippen MR) is 149 cm³/mol. The number of amides is 1. The fourth-order valence-corrected chi connectivity index (χ4v) is 5.13. The van der Waals surface area contributed by atoms with E-state index in [1.807, 2.05) is 30.3 Å². The van der Waals surface area contributed by atoms with Crippen molar-refractivity contribution in [1.29, 1.82) is 0 Å². The minimum absolute atomic E-state index is 0.0144. The molecule has 2 unspecified atom stereocenters. The number of benzene rings is 3. The van der Waals surface area contributed by atoms with E-state index in [-0.39, 0.29) is 19.0 Å². The first-order valence-electron chi connectivity index (χ1n) is 13.0. The number of rotatable bonds is 8. The number of aromatic nitrogens is 4. The molecule has 0 radical (unpaired) electrons. The normalized spacial score (nSPS) is 15.5. The van der Waals surface area contributed by atoms with Gasteiger partial charge in [-0.1, -0.05) is 28.9 Å². The summed E-state index contributed by atoms with van der Waals surface area (Å²) in [5.74, 6) is 0.391. The lowest BCUT2D eigenvalue weighted by atomic mass is 9.92. The number of nitrogens with zero attached hydrogens (tertiary/aromatic N) is 4. The fourth-order valence-electron chi connectivity index (χ4n) is 4.96. The largest absolute Gasteiger partial charge is 0.489 e. The summed E-state index contributed by atoms with van der Waals surface area (Å²) in [4.78, 5) is 18.5. The zero-order valence-electron chi connectivity index (χ0n) is 21.7. The molecular weight excluding hydrogens is 551 g/mol. The zero-order chi connectivity index (χ0) is 28.3. The third-order valence-electron chi connectivity index (χ3n) is 6.91. The highest BCUT2D eigenvalue weighted by molar-refractivity contribution is 6.31. The van der Waals surface area contributed by atoms with Gasteiger partial charge in [0.2, 0.25) is 0 Å². The molecule has 0 saturated carbocycles. The Morgan fingerprint density at radius 2 is 1.93 bits per heavy atom. The van der Waals surface area contributed by atoms with Crippen molar-refractivity contribution in [3.63, 3.8) is 0 Å². The number of hydrogen-bond acceptors (Lipinski definition) is 7. The van der Waals surface area contributed by atoms with Crippen LogP contribution in [0.15, 0.2) is 79.1 Å². The van der Waals surface area contributed by atoms with Gasteiger partial charge >= 0.3 is 6.09 Å². The number of fused-ring (bicyclic) bond motifs is 3. The van der Waals surface area contributed by atoms with Crippen LogP contribution < -0.4 is 14.8 Å².